The van der Waals surface area contributed by atoms with Crippen LogP contribution in [-0.4, -0.2) is 59.6 Å². The molecule has 6 heteroatoms. The minimum atomic E-state index is 0.212. The summed E-state index contributed by atoms with van der Waals surface area (Å²) in [7, 11) is 1.84. The minimum absolute atomic E-state index is 0.212. The standard InChI is InChI=1S/C18H31N5S/c1-18(2,24-4)14-21-17(19-3)22-15-8-11-23(12-9-15)13-16-7-5-6-10-20-16/h5-7,10,15H,8-9,11-14H2,1-4H3,(H2,19,21,22). The van der Waals surface area contributed by atoms with Gasteiger partial charge in [0.25, 0.3) is 0 Å². The third kappa shape index (κ3) is 6.32. The van der Waals surface area contributed by atoms with Gasteiger partial charge >= 0.3 is 0 Å². The number of hydrogen-bond donors (Lipinski definition) is 2. The number of piperidine rings is 1. The van der Waals surface area contributed by atoms with Gasteiger partial charge in [-0.15, -0.1) is 0 Å². The molecule has 0 atom stereocenters. The molecule has 5 nitrogen and oxygen atoms in total. The van der Waals surface area contributed by atoms with E-state index in [1.807, 2.05) is 31.1 Å². The largest absolute Gasteiger partial charge is 0.355 e. The second-order valence-electron chi connectivity index (χ2n) is 6.91. The van der Waals surface area contributed by atoms with Crippen LogP contribution in [0.25, 0.3) is 0 Å². The number of thioether (sulfide) groups is 1. The number of nitrogens with zero attached hydrogens (tertiary/aromatic N) is 3. The van der Waals surface area contributed by atoms with E-state index in [0.29, 0.717) is 6.04 Å². The van der Waals surface area contributed by atoms with Crippen LogP contribution in [0.2, 0.25) is 0 Å². The van der Waals surface area contributed by atoms with Crippen LogP contribution in [0.4, 0.5) is 0 Å². The minimum Gasteiger partial charge on any atom is -0.355 e. The van der Waals surface area contributed by atoms with Gasteiger partial charge in [0.1, 0.15) is 0 Å². The summed E-state index contributed by atoms with van der Waals surface area (Å²) in [5.41, 5.74) is 1.15. The maximum Gasteiger partial charge on any atom is 0.191 e. The first-order valence-corrected chi connectivity index (χ1v) is 9.89. The third-order valence-electron chi connectivity index (χ3n) is 4.50. The molecule has 2 N–H and O–H groups in total. The van der Waals surface area contributed by atoms with Crippen molar-refractivity contribution in [1.82, 2.24) is 20.5 Å². The first kappa shape index (κ1) is 19.1. The van der Waals surface area contributed by atoms with Gasteiger partial charge in [0.05, 0.1) is 5.69 Å². The molecule has 1 fully saturated rings. The van der Waals surface area contributed by atoms with Crippen molar-refractivity contribution in [2.24, 2.45) is 4.99 Å². The summed E-state index contributed by atoms with van der Waals surface area (Å²) in [5, 5.41) is 7.03. The molecule has 1 aliphatic rings. The van der Waals surface area contributed by atoms with Gasteiger partial charge in [-0.1, -0.05) is 6.07 Å². The molecule has 24 heavy (non-hydrogen) atoms. The SMILES string of the molecule is CN=C(NCC(C)(C)SC)NC1CCN(Cc2ccccn2)CC1. The van der Waals surface area contributed by atoms with E-state index in [1.54, 1.807) is 0 Å². The summed E-state index contributed by atoms with van der Waals surface area (Å²) in [6, 6.07) is 6.62. The van der Waals surface area contributed by atoms with Crippen molar-refractivity contribution in [3.8, 4) is 0 Å². The first-order valence-electron chi connectivity index (χ1n) is 8.67. The molecule has 1 aliphatic heterocycles. The van der Waals surface area contributed by atoms with Crippen LogP contribution in [0.3, 0.4) is 0 Å². The molecule has 0 bridgehead atoms. The molecule has 134 valence electrons. The fraction of sp³-hybridized carbons (Fsp3) is 0.667. The fourth-order valence-electron chi connectivity index (χ4n) is 2.71. The molecule has 0 radical (unpaired) electrons. The number of aromatic nitrogens is 1. The van der Waals surface area contributed by atoms with Crippen LogP contribution in [0, 0.1) is 0 Å². The lowest BCUT2D eigenvalue weighted by Crippen LogP contribution is -2.50. The highest BCUT2D eigenvalue weighted by atomic mass is 32.2. The number of likely N-dealkylation sites (tertiary alicyclic amines) is 1. The average Bonchev–Trinajstić information content (AvgIpc) is 2.61. The maximum atomic E-state index is 4.42. The Labute approximate surface area is 150 Å². The highest BCUT2D eigenvalue weighted by molar-refractivity contribution is 7.99. The molecule has 1 aromatic rings. The number of hydrogen-bond acceptors (Lipinski definition) is 4. The van der Waals surface area contributed by atoms with Gasteiger partial charge in [0.2, 0.25) is 0 Å². The van der Waals surface area contributed by atoms with E-state index in [-0.39, 0.29) is 4.75 Å². The van der Waals surface area contributed by atoms with Crippen LogP contribution in [0.15, 0.2) is 29.4 Å². The van der Waals surface area contributed by atoms with Gasteiger partial charge in [0.15, 0.2) is 5.96 Å². The van der Waals surface area contributed by atoms with Crippen molar-refractivity contribution in [1.29, 1.82) is 0 Å². The Morgan fingerprint density at radius 1 is 1.38 bits per heavy atom. The molecular formula is C18H31N5S. The predicted octanol–water partition coefficient (Wildman–Crippen LogP) is 2.35. The molecular weight excluding hydrogens is 318 g/mol. The highest BCUT2D eigenvalue weighted by Crippen LogP contribution is 2.19. The molecule has 0 spiro atoms. The normalized spacial score (nSPS) is 17.8. The zero-order valence-electron chi connectivity index (χ0n) is 15.4. The quantitative estimate of drug-likeness (QED) is 0.610. The summed E-state index contributed by atoms with van der Waals surface area (Å²) in [4.78, 5) is 11.3. The van der Waals surface area contributed by atoms with E-state index in [4.69, 9.17) is 0 Å². The van der Waals surface area contributed by atoms with Crippen molar-refractivity contribution in [2.75, 3.05) is 32.9 Å². The van der Waals surface area contributed by atoms with Crippen LogP contribution in [-0.2, 0) is 6.54 Å². The van der Waals surface area contributed by atoms with Crippen molar-refractivity contribution in [3.63, 3.8) is 0 Å². The van der Waals surface area contributed by atoms with E-state index in [2.05, 4.69) is 57.7 Å². The summed E-state index contributed by atoms with van der Waals surface area (Å²) < 4.78 is 0.212. The predicted molar refractivity (Wildman–Crippen MR) is 105 cm³/mol. The molecule has 0 aromatic carbocycles. The van der Waals surface area contributed by atoms with Crippen LogP contribution < -0.4 is 10.6 Å². The summed E-state index contributed by atoms with van der Waals surface area (Å²) in [6.07, 6.45) is 6.30. The Morgan fingerprint density at radius 3 is 2.71 bits per heavy atom. The van der Waals surface area contributed by atoms with Crippen LogP contribution in [0.5, 0.6) is 0 Å². The molecule has 1 aromatic heterocycles. The van der Waals surface area contributed by atoms with E-state index >= 15 is 0 Å². The molecule has 0 amide bonds. The van der Waals surface area contributed by atoms with Crippen LogP contribution in [0.1, 0.15) is 32.4 Å². The van der Waals surface area contributed by atoms with E-state index in [9.17, 15) is 0 Å². The van der Waals surface area contributed by atoms with Gasteiger partial charge in [-0.05, 0) is 45.1 Å². The Kier molecular flexibility index (Phi) is 7.37. The molecule has 2 rings (SSSR count). The smallest absolute Gasteiger partial charge is 0.191 e. The van der Waals surface area contributed by atoms with Crippen molar-refractivity contribution in [2.45, 2.75) is 44.0 Å². The summed E-state index contributed by atoms with van der Waals surface area (Å²) >= 11 is 1.87. The van der Waals surface area contributed by atoms with E-state index in [1.165, 1.54) is 0 Å². The number of nitrogens with one attached hydrogen (secondary N) is 2. The van der Waals surface area contributed by atoms with Crippen molar-refractivity contribution >= 4 is 17.7 Å². The molecule has 0 aliphatic carbocycles. The zero-order valence-corrected chi connectivity index (χ0v) is 16.2. The topological polar surface area (TPSA) is 52.6 Å². The van der Waals surface area contributed by atoms with Gasteiger partial charge in [0, 0.05) is 50.2 Å². The summed E-state index contributed by atoms with van der Waals surface area (Å²) in [5.74, 6) is 0.917. The Hall–Kier alpha value is -1.27. The van der Waals surface area contributed by atoms with E-state index < -0.39 is 0 Å². The van der Waals surface area contributed by atoms with Crippen molar-refractivity contribution in [3.05, 3.63) is 30.1 Å². The van der Waals surface area contributed by atoms with Gasteiger partial charge < -0.3 is 10.6 Å². The average molecular weight is 350 g/mol. The number of pyridine rings is 1. The zero-order chi connectivity index (χ0) is 17.4. The maximum absolute atomic E-state index is 4.42. The fourth-order valence-corrected chi connectivity index (χ4v) is 2.93. The Balaban J connectivity index is 1.73. The second kappa shape index (κ2) is 9.28. The second-order valence-corrected chi connectivity index (χ2v) is 8.42. The molecule has 2 heterocycles. The monoisotopic (exact) mass is 349 g/mol. The van der Waals surface area contributed by atoms with Crippen LogP contribution >= 0.6 is 11.8 Å². The number of aliphatic imine (C=N–C) groups is 1. The lowest BCUT2D eigenvalue weighted by atomic mass is 10.0. The molecule has 0 unspecified atom stereocenters. The molecule has 0 saturated carbocycles. The summed E-state index contributed by atoms with van der Waals surface area (Å²) in [6.45, 7) is 8.54. The van der Waals surface area contributed by atoms with E-state index in [0.717, 1.165) is 50.7 Å². The Bertz CT molecular complexity index is 509. The third-order valence-corrected chi connectivity index (χ3v) is 5.75. The lowest BCUT2D eigenvalue weighted by Gasteiger charge is -2.33. The number of guanidine groups is 1. The van der Waals surface area contributed by atoms with Gasteiger partial charge in [-0.25, -0.2) is 0 Å². The van der Waals surface area contributed by atoms with Crippen molar-refractivity contribution < 1.29 is 0 Å². The molecule has 1 saturated heterocycles. The first-order chi connectivity index (χ1) is 11.5. The highest BCUT2D eigenvalue weighted by Gasteiger charge is 2.21. The Morgan fingerprint density at radius 2 is 2.12 bits per heavy atom. The van der Waals surface area contributed by atoms with Gasteiger partial charge in [-0.2, -0.15) is 11.8 Å². The number of rotatable bonds is 6. The lowest BCUT2D eigenvalue weighted by molar-refractivity contribution is 0.196. The van der Waals surface area contributed by atoms with Gasteiger partial charge in [-0.3, -0.25) is 14.9 Å².